The average molecular weight is 179 g/mol. The zero-order valence-corrected chi connectivity index (χ0v) is 6.48. The van der Waals surface area contributed by atoms with Crippen LogP contribution in [0.25, 0.3) is 11.1 Å². The maximum absolute atomic E-state index is 5.69. The minimum Gasteiger partial charge on any atom is -0.0835 e. The highest BCUT2D eigenvalue weighted by Crippen LogP contribution is 2.57. The molecule has 0 aromatic heterocycles. The van der Waals surface area contributed by atoms with Gasteiger partial charge in [-0.05, 0) is 6.07 Å². The monoisotopic (exact) mass is 178 g/mol. The predicted molar refractivity (Wildman–Crippen MR) is 40.5 cm³/mol. The summed E-state index contributed by atoms with van der Waals surface area (Å²) in [6.07, 6.45) is 0. The molecular weight excluding hydrogens is 178 g/mol. The Morgan fingerprint density at radius 3 is 1.56 bits per heavy atom. The van der Waals surface area contributed by atoms with Gasteiger partial charge in [0.05, 0.1) is 15.1 Å². The molecule has 0 amide bonds. The van der Waals surface area contributed by atoms with Crippen LogP contribution in [0.5, 0.6) is 0 Å². The first-order valence-corrected chi connectivity index (χ1v) is 3.53. The van der Waals surface area contributed by atoms with Crippen LogP contribution < -0.4 is 0 Å². The van der Waals surface area contributed by atoms with Crippen LogP contribution in [-0.4, -0.2) is 0 Å². The van der Waals surface area contributed by atoms with Crippen molar-refractivity contribution in [2.24, 2.45) is 0 Å². The molecule has 0 unspecified atom stereocenters. The van der Waals surface area contributed by atoms with Crippen molar-refractivity contribution in [1.82, 2.24) is 0 Å². The van der Waals surface area contributed by atoms with Gasteiger partial charge in [0.1, 0.15) is 0 Å². The van der Waals surface area contributed by atoms with Crippen molar-refractivity contribution in [1.29, 1.82) is 0 Å². The Morgan fingerprint density at radius 2 is 1.33 bits per heavy atom. The lowest BCUT2D eigenvalue weighted by Crippen LogP contribution is -1.45. The summed E-state index contributed by atoms with van der Waals surface area (Å²) < 4.78 is 0. The largest absolute Gasteiger partial charge is 0.0835 e. The fourth-order valence-corrected chi connectivity index (χ4v) is 1.96. The maximum Gasteiger partial charge on any atom is 0.0594 e. The Bertz CT molecular complexity index is 265. The van der Waals surface area contributed by atoms with Crippen LogP contribution in [0.3, 0.4) is 0 Å². The van der Waals surface area contributed by atoms with Crippen LogP contribution in [0.2, 0.25) is 15.1 Å². The lowest BCUT2D eigenvalue weighted by Gasteiger charge is -1.74. The zero-order valence-electron chi connectivity index (χ0n) is 4.21. The molecule has 0 heterocycles. The molecule has 0 N–H and O–H groups in total. The van der Waals surface area contributed by atoms with E-state index in [4.69, 9.17) is 34.8 Å². The van der Waals surface area contributed by atoms with Gasteiger partial charge in [-0.25, -0.2) is 0 Å². The van der Waals surface area contributed by atoms with Gasteiger partial charge in [0, 0.05) is 11.1 Å². The standard InChI is InChI=1S/C6HCl3/c7-2-1-3(8)5-4(2)6(5)9/h1H. The van der Waals surface area contributed by atoms with Gasteiger partial charge >= 0.3 is 0 Å². The molecule has 3 heteroatoms. The average Bonchev–Trinajstić information content (AvgIpc) is 2.30. The summed E-state index contributed by atoms with van der Waals surface area (Å²) in [4.78, 5) is 0. The van der Waals surface area contributed by atoms with Crippen LogP contribution >= 0.6 is 34.8 Å². The molecule has 0 nitrogen and oxygen atoms in total. The van der Waals surface area contributed by atoms with Crippen LogP contribution in [0.15, 0.2) is 6.07 Å². The van der Waals surface area contributed by atoms with Gasteiger partial charge in [0.2, 0.25) is 0 Å². The summed E-state index contributed by atoms with van der Waals surface area (Å²) in [6, 6.07) is 1.71. The Kier molecular flexibility index (Phi) is 1.02. The molecule has 46 valence electrons. The summed E-state index contributed by atoms with van der Waals surface area (Å²) in [6.45, 7) is 0. The minimum atomic E-state index is 0.667. The van der Waals surface area contributed by atoms with Gasteiger partial charge in [-0.1, -0.05) is 34.8 Å². The molecule has 0 aromatic carbocycles. The lowest BCUT2D eigenvalue weighted by atomic mass is 10.5. The normalized spacial score (nSPS) is 11.9. The second-order valence-corrected chi connectivity index (χ2v) is 3.10. The molecule has 9 heavy (non-hydrogen) atoms. The number of halogens is 3. The predicted octanol–water partition coefficient (Wildman–Crippen LogP) is 3.63. The highest BCUT2D eigenvalue weighted by Gasteiger charge is 2.30. The van der Waals surface area contributed by atoms with E-state index < -0.39 is 0 Å². The molecule has 0 spiro atoms. The van der Waals surface area contributed by atoms with E-state index in [1.165, 1.54) is 0 Å². The zero-order chi connectivity index (χ0) is 6.59. The second-order valence-electron chi connectivity index (χ2n) is 1.90. The van der Waals surface area contributed by atoms with Crippen LogP contribution in [-0.2, 0) is 0 Å². The van der Waals surface area contributed by atoms with E-state index in [2.05, 4.69) is 0 Å². The summed E-state index contributed by atoms with van der Waals surface area (Å²) in [5.74, 6) is 0. The fourth-order valence-electron chi connectivity index (χ4n) is 0.869. The molecule has 0 fully saturated rings. The molecule has 2 aliphatic rings. The first kappa shape index (κ1) is 5.84. The Morgan fingerprint density at radius 1 is 0.889 bits per heavy atom. The molecule has 0 bridgehead atoms. The Balaban J connectivity index is 2.71. The van der Waals surface area contributed by atoms with Crippen molar-refractivity contribution in [3.05, 3.63) is 21.1 Å². The number of rotatable bonds is 0. The number of hydrogen-bond donors (Lipinski definition) is 0. The number of fused-ring (bicyclic) bond motifs is 1. The van der Waals surface area contributed by atoms with Gasteiger partial charge in [-0.15, -0.1) is 0 Å². The van der Waals surface area contributed by atoms with Crippen molar-refractivity contribution in [3.8, 4) is 11.1 Å². The van der Waals surface area contributed by atoms with Crippen molar-refractivity contribution in [3.63, 3.8) is 0 Å². The Hall–Kier alpha value is 0.0900. The van der Waals surface area contributed by atoms with Gasteiger partial charge in [0.25, 0.3) is 0 Å². The van der Waals surface area contributed by atoms with Crippen molar-refractivity contribution in [2.45, 2.75) is 0 Å². The number of benzene rings is 1. The highest BCUT2D eigenvalue weighted by molar-refractivity contribution is 6.51. The maximum atomic E-state index is 5.69. The molecule has 0 atom stereocenters. The van der Waals surface area contributed by atoms with E-state index in [1.807, 2.05) is 0 Å². The molecule has 0 aromatic rings. The van der Waals surface area contributed by atoms with Crippen LogP contribution in [0.1, 0.15) is 0 Å². The quantitative estimate of drug-likeness (QED) is 0.579. The van der Waals surface area contributed by atoms with E-state index in [-0.39, 0.29) is 0 Å². The molecule has 0 radical (unpaired) electrons. The van der Waals surface area contributed by atoms with Gasteiger partial charge < -0.3 is 0 Å². The van der Waals surface area contributed by atoms with E-state index in [0.29, 0.717) is 10.0 Å². The van der Waals surface area contributed by atoms with Gasteiger partial charge in [0.15, 0.2) is 0 Å². The fraction of sp³-hybridized carbons (Fsp3) is 0. The third kappa shape index (κ3) is 0.615. The topological polar surface area (TPSA) is 0 Å². The first-order valence-electron chi connectivity index (χ1n) is 2.39. The smallest absolute Gasteiger partial charge is 0.0594 e. The molecule has 0 saturated carbocycles. The van der Waals surface area contributed by atoms with Gasteiger partial charge in [-0.3, -0.25) is 0 Å². The summed E-state index contributed by atoms with van der Waals surface area (Å²) >= 11 is 17.0. The molecule has 2 aliphatic carbocycles. The summed E-state index contributed by atoms with van der Waals surface area (Å²) in [5.41, 5.74) is 1.87. The molecule has 2 rings (SSSR count). The molecule has 0 aliphatic heterocycles. The van der Waals surface area contributed by atoms with Crippen molar-refractivity contribution >= 4 is 34.8 Å². The summed E-state index contributed by atoms with van der Waals surface area (Å²) in [5, 5.41) is 2.06. The van der Waals surface area contributed by atoms with E-state index in [0.717, 1.165) is 16.1 Å². The van der Waals surface area contributed by atoms with Gasteiger partial charge in [-0.2, -0.15) is 0 Å². The van der Waals surface area contributed by atoms with E-state index in [1.54, 1.807) is 6.07 Å². The highest BCUT2D eigenvalue weighted by atomic mass is 35.5. The summed E-state index contributed by atoms with van der Waals surface area (Å²) in [7, 11) is 0. The molecular formula is C6HCl3. The second kappa shape index (κ2) is 1.57. The van der Waals surface area contributed by atoms with E-state index in [9.17, 15) is 0 Å². The third-order valence-corrected chi connectivity index (χ3v) is 2.33. The first-order chi connectivity index (χ1) is 4.22. The molecule has 0 saturated heterocycles. The van der Waals surface area contributed by atoms with Crippen molar-refractivity contribution in [2.75, 3.05) is 0 Å². The third-order valence-electron chi connectivity index (χ3n) is 1.36. The van der Waals surface area contributed by atoms with E-state index >= 15 is 0 Å². The lowest BCUT2D eigenvalue weighted by molar-refractivity contribution is 1.98. The minimum absolute atomic E-state index is 0.667. The Labute approximate surface area is 67.3 Å². The van der Waals surface area contributed by atoms with Crippen LogP contribution in [0.4, 0.5) is 0 Å². The van der Waals surface area contributed by atoms with Crippen LogP contribution in [0, 0.1) is 0 Å². The SMILES string of the molecule is Clc1cc(Cl)c2c(Cl)c1-2. The number of hydrogen-bond acceptors (Lipinski definition) is 0. The van der Waals surface area contributed by atoms with Crippen molar-refractivity contribution < 1.29 is 0 Å².